The van der Waals surface area contributed by atoms with Crippen LogP contribution in [0.25, 0.3) is 0 Å². The lowest BCUT2D eigenvalue weighted by Gasteiger charge is -2.39. The minimum Gasteiger partial charge on any atom is -0.493 e. The number of likely N-dealkylation sites (tertiary alicyclic amines) is 1. The number of para-hydroxylation sites is 1. The second-order valence-electron chi connectivity index (χ2n) is 6.51. The van der Waals surface area contributed by atoms with Gasteiger partial charge in [0.25, 0.3) is 0 Å². The molecule has 1 aromatic rings. The van der Waals surface area contributed by atoms with Gasteiger partial charge in [-0.3, -0.25) is 0 Å². The van der Waals surface area contributed by atoms with Crippen LogP contribution in [0, 0.1) is 5.92 Å². The summed E-state index contributed by atoms with van der Waals surface area (Å²) < 4.78 is 5.66. The molecule has 21 heavy (non-hydrogen) atoms. The average molecular weight is 287 g/mol. The molecule has 5 nitrogen and oxygen atoms in total. The number of nitrogens with zero attached hydrogens (tertiary/aromatic N) is 1. The quantitative estimate of drug-likeness (QED) is 0.860. The summed E-state index contributed by atoms with van der Waals surface area (Å²) in [7, 11) is 0. The zero-order valence-electron chi connectivity index (χ0n) is 12.1. The van der Waals surface area contributed by atoms with Crippen LogP contribution in [0.15, 0.2) is 18.2 Å². The molecule has 1 saturated heterocycles. The van der Waals surface area contributed by atoms with Crippen LogP contribution in [-0.2, 0) is 13.0 Å². The number of ether oxygens (including phenoxy) is 1. The van der Waals surface area contributed by atoms with Gasteiger partial charge < -0.3 is 20.7 Å². The highest BCUT2D eigenvalue weighted by Crippen LogP contribution is 2.42. The van der Waals surface area contributed by atoms with Crippen LogP contribution in [0.4, 0.5) is 4.79 Å². The van der Waals surface area contributed by atoms with Crippen LogP contribution < -0.4 is 15.8 Å². The molecule has 0 spiro atoms. The number of hydrogen-bond acceptors (Lipinski definition) is 3. The normalized spacial score (nSPS) is 29.4. The van der Waals surface area contributed by atoms with E-state index in [4.69, 9.17) is 10.5 Å². The smallest absolute Gasteiger partial charge is 0.317 e. The Morgan fingerprint density at radius 3 is 3.14 bits per heavy atom. The molecule has 2 amide bonds. The van der Waals surface area contributed by atoms with Crippen molar-refractivity contribution >= 4 is 6.03 Å². The van der Waals surface area contributed by atoms with E-state index < -0.39 is 0 Å². The van der Waals surface area contributed by atoms with Gasteiger partial charge in [0.15, 0.2) is 0 Å². The van der Waals surface area contributed by atoms with Crippen molar-refractivity contribution in [1.29, 1.82) is 0 Å². The molecule has 1 saturated carbocycles. The highest BCUT2D eigenvalue weighted by Gasteiger charge is 2.51. The van der Waals surface area contributed by atoms with E-state index in [0.29, 0.717) is 19.0 Å². The minimum atomic E-state index is -0.117. The molecule has 1 aromatic carbocycles. The summed E-state index contributed by atoms with van der Waals surface area (Å²) >= 11 is 0. The molecule has 4 rings (SSSR count). The van der Waals surface area contributed by atoms with E-state index in [1.54, 1.807) is 0 Å². The van der Waals surface area contributed by atoms with E-state index >= 15 is 0 Å². The molecule has 3 aliphatic rings. The Hall–Kier alpha value is -1.75. The molecule has 0 aromatic heterocycles. The third kappa shape index (κ3) is 2.07. The molecule has 3 N–H and O–H groups in total. The van der Waals surface area contributed by atoms with Gasteiger partial charge in [0.2, 0.25) is 0 Å². The highest BCUT2D eigenvalue weighted by molar-refractivity contribution is 5.75. The number of hydrogen-bond donors (Lipinski definition) is 2. The summed E-state index contributed by atoms with van der Waals surface area (Å²) in [4.78, 5) is 14.2. The van der Waals surface area contributed by atoms with Crippen molar-refractivity contribution in [3.63, 3.8) is 0 Å². The van der Waals surface area contributed by atoms with Gasteiger partial charge in [-0.2, -0.15) is 0 Å². The van der Waals surface area contributed by atoms with E-state index in [2.05, 4.69) is 11.4 Å². The summed E-state index contributed by atoms with van der Waals surface area (Å²) in [6.45, 7) is 2.74. The summed E-state index contributed by atoms with van der Waals surface area (Å²) in [6.07, 6.45) is 3.16. The number of benzene rings is 1. The average Bonchev–Trinajstić information content (AvgIpc) is 3.03. The van der Waals surface area contributed by atoms with Gasteiger partial charge in [-0.05, 0) is 24.3 Å². The Balaban J connectivity index is 1.39. The molecule has 1 aliphatic carbocycles. The van der Waals surface area contributed by atoms with E-state index in [-0.39, 0.29) is 11.6 Å². The SMILES string of the molecule is N[C@]12CC[C@H]1CN(C(=O)NCc1cccc3c1OCC3)C2. The predicted octanol–water partition coefficient (Wildman–Crippen LogP) is 1.25. The number of amides is 2. The van der Waals surface area contributed by atoms with E-state index in [1.165, 1.54) is 5.56 Å². The van der Waals surface area contributed by atoms with Crippen LogP contribution >= 0.6 is 0 Å². The molecule has 2 atom stereocenters. The lowest BCUT2D eigenvalue weighted by Crippen LogP contribution is -2.55. The van der Waals surface area contributed by atoms with Gasteiger partial charge >= 0.3 is 6.03 Å². The molecule has 5 heteroatoms. The molecule has 0 unspecified atom stereocenters. The van der Waals surface area contributed by atoms with Crippen LogP contribution in [0.5, 0.6) is 5.75 Å². The van der Waals surface area contributed by atoms with E-state index in [1.807, 2.05) is 17.0 Å². The third-order valence-corrected chi connectivity index (χ3v) is 5.21. The Bertz CT molecular complexity index is 589. The van der Waals surface area contributed by atoms with Crippen molar-refractivity contribution in [3.8, 4) is 5.75 Å². The summed E-state index contributed by atoms with van der Waals surface area (Å²) in [5, 5.41) is 3.01. The maximum atomic E-state index is 12.3. The highest BCUT2D eigenvalue weighted by atomic mass is 16.5. The monoisotopic (exact) mass is 287 g/mol. The van der Waals surface area contributed by atoms with Crippen LogP contribution in [0.1, 0.15) is 24.0 Å². The maximum absolute atomic E-state index is 12.3. The molecule has 0 radical (unpaired) electrons. The van der Waals surface area contributed by atoms with E-state index in [9.17, 15) is 4.79 Å². The number of nitrogens with one attached hydrogen (secondary N) is 1. The van der Waals surface area contributed by atoms with Crippen molar-refractivity contribution < 1.29 is 9.53 Å². The van der Waals surface area contributed by atoms with Crippen LogP contribution in [0.2, 0.25) is 0 Å². The summed E-state index contributed by atoms with van der Waals surface area (Å²) in [5.41, 5.74) is 8.46. The molecule has 112 valence electrons. The number of nitrogens with two attached hydrogens (primary N) is 1. The molecule has 2 fully saturated rings. The lowest BCUT2D eigenvalue weighted by molar-refractivity contribution is 0.187. The molecule has 0 bridgehead atoms. The number of rotatable bonds is 2. The Kier molecular flexibility index (Phi) is 2.85. The minimum absolute atomic E-state index is 0.00942. The fourth-order valence-corrected chi connectivity index (χ4v) is 3.75. The van der Waals surface area contributed by atoms with Gasteiger partial charge in [-0.1, -0.05) is 18.2 Å². The summed E-state index contributed by atoms with van der Waals surface area (Å²) in [6, 6.07) is 6.12. The van der Waals surface area contributed by atoms with Crippen LogP contribution in [0.3, 0.4) is 0 Å². The van der Waals surface area contributed by atoms with Crippen molar-refractivity contribution in [2.75, 3.05) is 19.7 Å². The molecular formula is C16H21N3O2. The largest absolute Gasteiger partial charge is 0.493 e. The lowest BCUT2D eigenvalue weighted by atomic mass is 9.70. The second-order valence-corrected chi connectivity index (χ2v) is 6.51. The van der Waals surface area contributed by atoms with Gasteiger partial charge in [0.05, 0.1) is 6.61 Å². The fourth-order valence-electron chi connectivity index (χ4n) is 3.75. The molecular weight excluding hydrogens is 266 g/mol. The van der Waals surface area contributed by atoms with Gasteiger partial charge in [-0.25, -0.2) is 4.79 Å². The maximum Gasteiger partial charge on any atom is 0.317 e. The van der Waals surface area contributed by atoms with Crippen molar-refractivity contribution in [2.24, 2.45) is 11.7 Å². The number of fused-ring (bicyclic) bond motifs is 2. The van der Waals surface area contributed by atoms with Gasteiger partial charge in [0, 0.05) is 37.2 Å². The van der Waals surface area contributed by atoms with Crippen LogP contribution in [-0.4, -0.2) is 36.2 Å². The molecule has 2 heterocycles. The second kappa shape index (κ2) is 4.63. The van der Waals surface area contributed by atoms with Gasteiger partial charge in [-0.15, -0.1) is 0 Å². The van der Waals surface area contributed by atoms with Gasteiger partial charge in [0.1, 0.15) is 5.75 Å². The van der Waals surface area contributed by atoms with Crippen molar-refractivity contribution in [2.45, 2.75) is 31.3 Å². The first-order valence-corrected chi connectivity index (χ1v) is 7.71. The van der Waals surface area contributed by atoms with Crippen molar-refractivity contribution in [3.05, 3.63) is 29.3 Å². The molecule has 2 aliphatic heterocycles. The topological polar surface area (TPSA) is 67.6 Å². The standard InChI is InChI=1S/C16H21N3O2/c17-16-6-4-13(16)9-19(10-16)15(20)18-8-12-3-1-2-11-5-7-21-14(11)12/h1-3,13H,4-10,17H2,(H,18,20)/t13-,16-/m0/s1. The number of carbonyl (C=O) groups is 1. The zero-order chi connectivity index (χ0) is 14.4. The number of urea groups is 1. The first-order chi connectivity index (χ1) is 10.2. The fraction of sp³-hybridized carbons (Fsp3) is 0.562. The third-order valence-electron chi connectivity index (χ3n) is 5.21. The Morgan fingerprint density at radius 2 is 2.43 bits per heavy atom. The van der Waals surface area contributed by atoms with E-state index in [0.717, 1.165) is 43.7 Å². The predicted molar refractivity (Wildman–Crippen MR) is 79.1 cm³/mol. The Morgan fingerprint density at radius 1 is 1.52 bits per heavy atom. The zero-order valence-corrected chi connectivity index (χ0v) is 12.1. The first-order valence-electron chi connectivity index (χ1n) is 7.71. The number of carbonyl (C=O) groups excluding carboxylic acids is 1. The summed E-state index contributed by atoms with van der Waals surface area (Å²) in [5.74, 6) is 1.45. The van der Waals surface area contributed by atoms with Crippen molar-refractivity contribution in [1.82, 2.24) is 10.2 Å². The first kappa shape index (κ1) is 13.0. The Labute approximate surface area is 124 Å².